The standard InChI is InChI=1S/C16H25NO2/c1-6-9-17-13(3)12(2)10-14-7-8-15(18-4)11-16(14)19-5/h7-8,10-11,13,17H,6,9H2,1-5H3/b12-10+. The maximum atomic E-state index is 5.40. The second-order valence-electron chi connectivity index (χ2n) is 4.67. The third-order valence-electron chi connectivity index (χ3n) is 3.21. The molecular formula is C16H25NO2. The smallest absolute Gasteiger partial charge is 0.129 e. The quantitative estimate of drug-likeness (QED) is 0.816. The summed E-state index contributed by atoms with van der Waals surface area (Å²) in [4.78, 5) is 0. The molecule has 0 aliphatic rings. The molecule has 1 N–H and O–H groups in total. The van der Waals surface area contributed by atoms with E-state index in [-0.39, 0.29) is 0 Å². The van der Waals surface area contributed by atoms with Crippen molar-refractivity contribution in [2.45, 2.75) is 33.2 Å². The van der Waals surface area contributed by atoms with Crippen LogP contribution in [0.25, 0.3) is 6.08 Å². The molecule has 0 saturated carbocycles. The second kappa shape index (κ2) is 7.85. The van der Waals surface area contributed by atoms with Crippen LogP contribution in [0, 0.1) is 0 Å². The lowest BCUT2D eigenvalue weighted by Crippen LogP contribution is -2.27. The first-order chi connectivity index (χ1) is 9.12. The maximum Gasteiger partial charge on any atom is 0.129 e. The Kier molecular flexibility index (Phi) is 6.43. The van der Waals surface area contributed by atoms with Crippen LogP contribution in [-0.4, -0.2) is 26.8 Å². The molecule has 3 nitrogen and oxygen atoms in total. The number of nitrogens with one attached hydrogen (secondary N) is 1. The molecule has 0 radical (unpaired) electrons. The van der Waals surface area contributed by atoms with E-state index in [0.29, 0.717) is 6.04 Å². The summed E-state index contributed by atoms with van der Waals surface area (Å²) < 4.78 is 10.6. The first kappa shape index (κ1) is 15.6. The average Bonchev–Trinajstić information content (AvgIpc) is 2.44. The zero-order valence-corrected chi connectivity index (χ0v) is 12.6. The molecule has 0 aromatic heterocycles. The molecule has 0 fully saturated rings. The van der Waals surface area contributed by atoms with Gasteiger partial charge in [-0.15, -0.1) is 0 Å². The molecule has 0 aliphatic carbocycles. The predicted molar refractivity (Wildman–Crippen MR) is 81.0 cm³/mol. The van der Waals surface area contributed by atoms with E-state index in [9.17, 15) is 0 Å². The van der Waals surface area contributed by atoms with Gasteiger partial charge < -0.3 is 14.8 Å². The molecule has 19 heavy (non-hydrogen) atoms. The topological polar surface area (TPSA) is 30.5 Å². The Morgan fingerprint density at radius 2 is 2.05 bits per heavy atom. The van der Waals surface area contributed by atoms with Gasteiger partial charge in [0.05, 0.1) is 14.2 Å². The largest absolute Gasteiger partial charge is 0.497 e. The monoisotopic (exact) mass is 263 g/mol. The van der Waals surface area contributed by atoms with Gasteiger partial charge in [0.2, 0.25) is 0 Å². The Hall–Kier alpha value is -1.48. The van der Waals surface area contributed by atoms with Crippen molar-refractivity contribution in [1.82, 2.24) is 5.32 Å². The third kappa shape index (κ3) is 4.60. The SMILES string of the molecule is CCCNC(C)/C(C)=C/c1ccc(OC)cc1OC. The van der Waals surface area contributed by atoms with Crippen molar-refractivity contribution in [2.24, 2.45) is 0 Å². The molecule has 1 aromatic carbocycles. The molecule has 0 saturated heterocycles. The zero-order chi connectivity index (χ0) is 14.3. The molecule has 0 bridgehead atoms. The third-order valence-corrected chi connectivity index (χ3v) is 3.21. The van der Waals surface area contributed by atoms with Gasteiger partial charge in [0.15, 0.2) is 0 Å². The van der Waals surface area contributed by atoms with Gasteiger partial charge in [0.25, 0.3) is 0 Å². The Morgan fingerprint density at radius 1 is 1.32 bits per heavy atom. The van der Waals surface area contributed by atoms with E-state index < -0.39 is 0 Å². The van der Waals surface area contributed by atoms with Crippen molar-refractivity contribution in [3.05, 3.63) is 29.3 Å². The van der Waals surface area contributed by atoms with Crippen LogP contribution in [0.2, 0.25) is 0 Å². The van der Waals surface area contributed by atoms with E-state index in [4.69, 9.17) is 9.47 Å². The number of hydrogen-bond acceptors (Lipinski definition) is 3. The summed E-state index contributed by atoms with van der Waals surface area (Å²) in [5.74, 6) is 1.64. The van der Waals surface area contributed by atoms with E-state index >= 15 is 0 Å². The van der Waals surface area contributed by atoms with Gasteiger partial charge in [-0.1, -0.05) is 18.6 Å². The lowest BCUT2D eigenvalue weighted by molar-refractivity contribution is 0.393. The summed E-state index contributed by atoms with van der Waals surface area (Å²) in [6, 6.07) is 6.25. The fourth-order valence-electron chi connectivity index (χ4n) is 1.83. The average molecular weight is 263 g/mol. The molecule has 0 aliphatic heterocycles. The van der Waals surface area contributed by atoms with Gasteiger partial charge in [0, 0.05) is 17.7 Å². The van der Waals surface area contributed by atoms with E-state index in [1.807, 2.05) is 18.2 Å². The Morgan fingerprint density at radius 3 is 2.63 bits per heavy atom. The highest BCUT2D eigenvalue weighted by Gasteiger charge is 2.06. The van der Waals surface area contributed by atoms with Gasteiger partial charge in [-0.25, -0.2) is 0 Å². The van der Waals surface area contributed by atoms with E-state index in [1.165, 1.54) is 5.57 Å². The minimum Gasteiger partial charge on any atom is -0.497 e. The van der Waals surface area contributed by atoms with Gasteiger partial charge >= 0.3 is 0 Å². The highest BCUT2D eigenvalue weighted by atomic mass is 16.5. The fraction of sp³-hybridized carbons (Fsp3) is 0.500. The fourth-order valence-corrected chi connectivity index (χ4v) is 1.83. The van der Waals surface area contributed by atoms with Crippen molar-refractivity contribution in [1.29, 1.82) is 0 Å². The first-order valence-electron chi connectivity index (χ1n) is 6.76. The Labute approximate surface area is 116 Å². The van der Waals surface area contributed by atoms with Crippen LogP contribution in [0.15, 0.2) is 23.8 Å². The molecule has 0 amide bonds. The van der Waals surface area contributed by atoms with Gasteiger partial charge in [-0.05, 0) is 38.9 Å². The van der Waals surface area contributed by atoms with Gasteiger partial charge in [0.1, 0.15) is 11.5 Å². The minimum atomic E-state index is 0.367. The molecule has 1 aromatic rings. The van der Waals surface area contributed by atoms with Crippen LogP contribution in [-0.2, 0) is 0 Å². The molecule has 1 atom stereocenters. The maximum absolute atomic E-state index is 5.40. The van der Waals surface area contributed by atoms with Crippen LogP contribution in [0.5, 0.6) is 11.5 Å². The van der Waals surface area contributed by atoms with Crippen molar-refractivity contribution in [3.8, 4) is 11.5 Å². The van der Waals surface area contributed by atoms with E-state index in [0.717, 1.165) is 30.0 Å². The van der Waals surface area contributed by atoms with Crippen molar-refractivity contribution < 1.29 is 9.47 Å². The lowest BCUT2D eigenvalue weighted by atomic mass is 10.1. The molecule has 3 heteroatoms. The predicted octanol–water partition coefficient (Wildman–Crippen LogP) is 3.50. The van der Waals surface area contributed by atoms with Crippen LogP contribution in [0.1, 0.15) is 32.8 Å². The van der Waals surface area contributed by atoms with Crippen molar-refractivity contribution in [3.63, 3.8) is 0 Å². The summed E-state index contributed by atoms with van der Waals surface area (Å²) in [7, 11) is 3.34. The Bertz CT molecular complexity index is 427. The Balaban J connectivity index is 2.90. The molecule has 0 heterocycles. The molecule has 1 rings (SSSR count). The van der Waals surface area contributed by atoms with E-state index in [2.05, 4.69) is 32.2 Å². The van der Waals surface area contributed by atoms with E-state index in [1.54, 1.807) is 14.2 Å². The van der Waals surface area contributed by atoms with Crippen molar-refractivity contribution in [2.75, 3.05) is 20.8 Å². The van der Waals surface area contributed by atoms with Crippen LogP contribution in [0.4, 0.5) is 0 Å². The summed E-state index contributed by atoms with van der Waals surface area (Å²) in [6.45, 7) is 7.52. The number of rotatable bonds is 7. The molecule has 0 spiro atoms. The summed E-state index contributed by atoms with van der Waals surface area (Å²) in [6.07, 6.45) is 3.30. The van der Waals surface area contributed by atoms with Crippen LogP contribution < -0.4 is 14.8 Å². The lowest BCUT2D eigenvalue weighted by Gasteiger charge is -2.15. The zero-order valence-electron chi connectivity index (χ0n) is 12.6. The van der Waals surface area contributed by atoms with Crippen LogP contribution in [0.3, 0.4) is 0 Å². The van der Waals surface area contributed by atoms with Crippen LogP contribution >= 0.6 is 0 Å². The van der Waals surface area contributed by atoms with Gasteiger partial charge in [-0.3, -0.25) is 0 Å². The number of ether oxygens (including phenoxy) is 2. The number of methoxy groups -OCH3 is 2. The summed E-state index contributed by atoms with van der Waals surface area (Å²) in [5.41, 5.74) is 2.36. The second-order valence-corrected chi connectivity index (χ2v) is 4.67. The highest BCUT2D eigenvalue weighted by molar-refractivity contribution is 5.61. The molecule has 106 valence electrons. The summed E-state index contributed by atoms with van der Waals surface area (Å²) >= 11 is 0. The molecular weight excluding hydrogens is 238 g/mol. The highest BCUT2D eigenvalue weighted by Crippen LogP contribution is 2.26. The van der Waals surface area contributed by atoms with Gasteiger partial charge in [-0.2, -0.15) is 0 Å². The van der Waals surface area contributed by atoms with Crippen molar-refractivity contribution >= 4 is 6.08 Å². The molecule has 1 unspecified atom stereocenters. The number of hydrogen-bond donors (Lipinski definition) is 1. The minimum absolute atomic E-state index is 0.367. The first-order valence-corrected chi connectivity index (χ1v) is 6.76. The normalized spacial score (nSPS) is 13.2. The summed E-state index contributed by atoms with van der Waals surface area (Å²) in [5, 5.41) is 3.48. The number of benzene rings is 1.